The fourth-order valence-corrected chi connectivity index (χ4v) is 0.424. The second-order valence-corrected chi connectivity index (χ2v) is 1.96. The van der Waals surface area contributed by atoms with Crippen molar-refractivity contribution in [1.82, 2.24) is 0 Å². The molecule has 0 aliphatic carbocycles. The molecular weight excluding hydrogens is 160 g/mol. The number of rotatable bonds is 3. The Bertz CT molecular complexity index is 134. The van der Waals surface area contributed by atoms with Gasteiger partial charge >= 0.3 is 6.16 Å². The first-order chi connectivity index (χ1) is 4.66. The van der Waals surface area contributed by atoms with Gasteiger partial charge in [0.15, 0.2) is 0 Å². The number of hydrogen-bond acceptors (Lipinski definition) is 5. The highest BCUT2D eigenvalue weighted by atomic mass is 32.2. The summed E-state index contributed by atoms with van der Waals surface area (Å²) in [4.78, 5) is 10.2. The molecule has 0 aliphatic rings. The summed E-state index contributed by atoms with van der Waals surface area (Å²) in [5.41, 5.74) is 0. The molecule has 0 rings (SSSR count). The van der Waals surface area contributed by atoms with Crippen LogP contribution in [0.1, 0.15) is 13.3 Å². The molecule has 0 aromatic carbocycles. The van der Waals surface area contributed by atoms with Crippen LogP contribution in [0.4, 0.5) is 4.79 Å². The Morgan fingerprint density at radius 3 is 2.70 bits per heavy atom. The molecule has 0 radical (unpaired) electrons. The molecule has 1 atom stereocenters. The van der Waals surface area contributed by atoms with E-state index in [0.29, 0.717) is 6.42 Å². The highest BCUT2D eigenvalue weighted by Crippen LogP contribution is 1.88. The first-order valence-corrected chi connectivity index (χ1v) is 3.61. The fraction of sp³-hybridized carbons (Fsp3) is 0.750. The standard InChI is InChI=1S/C4H8O5S/c1-2-3-8-4(5)9-10(6)7/h2-3H2,1H3,(H,6,7)/p-1. The predicted octanol–water partition coefficient (Wildman–Crippen LogP) is 0.344. The smallest absolute Gasteiger partial charge is 0.521 e. The summed E-state index contributed by atoms with van der Waals surface area (Å²) in [6.45, 7) is 1.94. The van der Waals surface area contributed by atoms with Gasteiger partial charge in [-0.05, 0) is 6.42 Å². The van der Waals surface area contributed by atoms with E-state index in [1.54, 1.807) is 6.92 Å². The summed E-state index contributed by atoms with van der Waals surface area (Å²) in [5.74, 6) is 0. The molecule has 1 unspecified atom stereocenters. The van der Waals surface area contributed by atoms with E-state index in [1.807, 2.05) is 0 Å². The first kappa shape index (κ1) is 9.38. The molecule has 0 heterocycles. The van der Waals surface area contributed by atoms with Crippen LogP contribution in [0.3, 0.4) is 0 Å². The Balaban J connectivity index is 3.35. The highest BCUT2D eigenvalue weighted by Gasteiger charge is 2.01. The van der Waals surface area contributed by atoms with E-state index in [9.17, 15) is 13.6 Å². The molecule has 0 spiro atoms. The minimum Gasteiger partial charge on any atom is -0.740 e. The van der Waals surface area contributed by atoms with E-state index in [1.165, 1.54) is 0 Å². The summed E-state index contributed by atoms with van der Waals surface area (Å²) in [7, 11) is 0. The number of carbonyl (C=O) groups is 1. The Morgan fingerprint density at radius 1 is 1.70 bits per heavy atom. The van der Waals surface area contributed by atoms with Crippen molar-refractivity contribution >= 4 is 17.5 Å². The maximum Gasteiger partial charge on any atom is 0.521 e. The Labute approximate surface area is 60.8 Å². The van der Waals surface area contributed by atoms with E-state index in [-0.39, 0.29) is 6.61 Å². The summed E-state index contributed by atoms with van der Waals surface area (Å²) >= 11 is -2.82. The van der Waals surface area contributed by atoms with Crippen molar-refractivity contribution in [3.8, 4) is 0 Å². The second kappa shape index (κ2) is 5.19. The van der Waals surface area contributed by atoms with Gasteiger partial charge in [-0.15, -0.1) is 0 Å². The maximum atomic E-state index is 10.2. The molecule has 0 aliphatic heterocycles. The lowest BCUT2D eigenvalue weighted by Crippen LogP contribution is -2.09. The normalized spacial score (nSPS) is 12.2. The lowest BCUT2D eigenvalue weighted by Gasteiger charge is -2.04. The number of carbonyl (C=O) groups excluding carboxylic acids is 1. The van der Waals surface area contributed by atoms with Crippen molar-refractivity contribution in [1.29, 1.82) is 0 Å². The van der Waals surface area contributed by atoms with Crippen LogP contribution in [0.2, 0.25) is 0 Å². The van der Waals surface area contributed by atoms with Crippen molar-refractivity contribution in [2.75, 3.05) is 6.61 Å². The summed E-state index contributed by atoms with van der Waals surface area (Å²) in [5, 5.41) is 0. The van der Waals surface area contributed by atoms with E-state index in [2.05, 4.69) is 8.92 Å². The molecular formula is C4H7O5S-. The number of ether oxygens (including phenoxy) is 1. The highest BCUT2D eigenvalue weighted by molar-refractivity contribution is 7.74. The second-order valence-electron chi connectivity index (χ2n) is 1.39. The molecule has 0 bridgehead atoms. The van der Waals surface area contributed by atoms with Gasteiger partial charge < -0.3 is 13.5 Å². The van der Waals surface area contributed by atoms with Crippen molar-refractivity contribution in [3.63, 3.8) is 0 Å². The Hall–Kier alpha value is -0.620. The Morgan fingerprint density at radius 2 is 2.30 bits per heavy atom. The molecule has 5 nitrogen and oxygen atoms in total. The van der Waals surface area contributed by atoms with E-state index < -0.39 is 17.5 Å². The molecule has 0 fully saturated rings. The maximum absolute atomic E-state index is 10.2. The van der Waals surface area contributed by atoms with Crippen LogP contribution >= 0.6 is 0 Å². The molecule has 0 N–H and O–H groups in total. The van der Waals surface area contributed by atoms with Gasteiger partial charge in [0.05, 0.1) is 6.61 Å². The number of hydrogen-bond donors (Lipinski definition) is 0. The lowest BCUT2D eigenvalue weighted by molar-refractivity contribution is 0.100. The third-order valence-electron chi connectivity index (χ3n) is 0.560. The summed E-state index contributed by atoms with van der Waals surface area (Å²) in [6, 6.07) is 0. The zero-order valence-corrected chi connectivity index (χ0v) is 6.18. The minimum absolute atomic E-state index is 0.163. The zero-order chi connectivity index (χ0) is 7.98. The molecule has 6 heteroatoms. The van der Waals surface area contributed by atoms with Crippen molar-refractivity contribution < 1.29 is 22.5 Å². The topological polar surface area (TPSA) is 75.7 Å². The van der Waals surface area contributed by atoms with Gasteiger partial charge in [0.25, 0.3) is 0 Å². The van der Waals surface area contributed by atoms with Crippen LogP contribution in [0.5, 0.6) is 0 Å². The zero-order valence-electron chi connectivity index (χ0n) is 5.36. The monoisotopic (exact) mass is 167 g/mol. The van der Waals surface area contributed by atoms with Gasteiger partial charge in [-0.3, -0.25) is 0 Å². The molecule has 0 saturated heterocycles. The van der Waals surface area contributed by atoms with Crippen molar-refractivity contribution in [3.05, 3.63) is 0 Å². The van der Waals surface area contributed by atoms with E-state index in [4.69, 9.17) is 0 Å². The van der Waals surface area contributed by atoms with Crippen LogP contribution in [0, 0.1) is 0 Å². The molecule has 10 heavy (non-hydrogen) atoms. The van der Waals surface area contributed by atoms with Gasteiger partial charge in [0.2, 0.25) is 0 Å². The van der Waals surface area contributed by atoms with E-state index >= 15 is 0 Å². The van der Waals surface area contributed by atoms with Gasteiger partial charge in [0.1, 0.15) is 11.4 Å². The quantitative estimate of drug-likeness (QED) is 0.447. The van der Waals surface area contributed by atoms with Crippen molar-refractivity contribution in [2.45, 2.75) is 13.3 Å². The van der Waals surface area contributed by atoms with Crippen LogP contribution in [-0.4, -0.2) is 21.5 Å². The van der Waals surface area contributed by atoms with Crippen LogP contribution in [-0.2, 0) is 20.3 Å². The average Bonchev–Trinajstić information content (AvgIpc) is 1.82. The largest absolute Gasteiger partial charge is 0.740 e. The summed E-state index contributed by atoms with van der Waals surface area (Å²) < 4.78 is 27.2. The van der Waals surface area contributed by atoms with Gasteiger partial charge in [-0.1, -0.05) is 6.92 Å². The average molecular weight is 167 g/mol. The Kier molecular flexibility index (Phi) is 4.87. The first-order valence-electron chi connectivity index (χ1n) is 2.61. The third kappa shape index (κ3) is 5.52. The fourth-order valence-electron chi connectivity index (χ4n) is 0.265. The van der Waals surface area contributed by atoms with Crippen LogP contribution < -0.4 is 0 Å². The molecule has 0 aromatic rings. The van der Waals surface area contributed by atoms with Gasteiger partial charge in [-0.25, -0.2) is 9.00 Å². The van der Waals surface area contributed by atoms with Crippen molar-refractivity contribution in [2.24, 2.45) is 0 Å². The predicted molar refractivity (Wildman–Crippen MR) is 31.6 cm³/mol. The molecule has 0 amide bonds. The van der Waals surface area contributed by atoms with Crippen LogP contribution in [0.15, 0.2) is 0 Å². The molecule has 0 saturated carbocycles. The third-order valence-corrected chi connectivity index (χ3v) is 0.832. The SMILES string of the molecule is CCCOC(=O)OS(=O)[O-]. The van der Waals surface area contributed by atoms with Gasteiger partial charge in [-0.2, -0.15) is 0 Å². The molecule has 0 aromatic heterocycles. The minimum atomic E-state index is -2.82. The summed E-state index contributed by atoms with van der Waals surface area (Å²) in [6.07, 6.45) is -0.559. The van der Waals surface area contributed by atoms with E-state index in [0.717, 1.165) is 0 Å². The van der Waals surface area contributed by atoms with Gasteiger partial charge in [0, 0.05) is 0 Å². The van der Waals surface area contributed by atoms with Crippen LogP contribution in [0.25, 0.3) is 0 Å². The molecule has 60 valence electrons. The lowest BCUT2D eigenvalue weighted by atomic mass is 10.5.